The van der Waals surface area contributed by atoms with Gasteiger partial charge >= 0.3 is 0 Å². The molecule has 0 amide bonds. The lowest BCUT2D eigenvalue weighted by atomic mass is 10.1. The average molecular weight is 356 g/mol. The maximum atomic E-state index is 5.99. The van der Waals surface area contributed by atoms with Gasteiger partial charge in [0.2, 0.25) is 0 Å². The monoisotopic (exact) mass is 356 g/mol. The average Bonchev–Trinajstić information content (AvgIpc) is 3.26. The Morgan fingerprint density at radius 3 is 2.77 bits per heavy atom. The van der Waals surface area contributed by atoms with Gasteiger partial charge in [-0.25, -0.2) is 4.99 Å². The molecule has 1 aromatic heterocycles. The van der Waals surface area contributed by atoms with E-state index in [4.69, 9.17) is 14.3 Å². The first-order valence-electron chi connectivity index (χ1n) is 9.48. The molecule has 1 aromatic carbocycles. The van der Waals surface area contributed by atoms with Crippen LogP contribution >= 0.6 is 0 Å². The SMILES string of the molecule is CCNC(=NCc1c(CC)noc1CC)NCC1Cc2ccccc2O1. The number of aliphatic imine (C=N–C) groups is 1. The zero-order chi connectivity index (χ0) is 18.4. The summed E-state index contributed by atoms with van der Waals surface area (Å²) in [6.07, 6.45) is 2.74. The quantitative estimate of drug-likeness (QED) is 0.590. The summed E-state index contributed by atoms with van der Waals surface area (Å²) in [5, 5.41) is 10.9. The first kappa shape index (κ1) is 18.3. The van der Waals surface area contributed by atoms with E-state index < -0.39 is 0 Å². The molecule has 0 aliphatic carbocycles. The molecule has 2 aromatic rings. The number of ether oxygens (including phenoxy) is 1. The molecule has 1 unspecified atom stereocenters. The summed E-state index contributed by atoms with van der Waals surface area (Å²) in [6, 6.07) is 8.22. The summed E-state index contributed by atoms with van der Waals surface area (Å²) in [7, 11) is 0. The van der Waals surface area contributed by atoms with Crippen molar-refractivity contribution in [3.8, 4) is 5.75 Å². The molecule has 1 aliphatic heterocycles. The molecule has 6 nitrogen and oxygen atoms in total. The molecule has 2 N–H and O–H groups in total. The number of para-hydroxylation sites is 1. The number of fused-ring (bicyclic) bond motifs is 1. The molecule has 0 fully saturated rings. The lowest BCUT2D eigenvalue weighted by Gasteiger charge is -2.15. The largest absolute Gasteiger partial charge is 0.488 e. The van der Waals surface area contributed by atoms with Crippen LogP contribution in [-0.4, -0.2) is 30.3 Å². The van der Waals surface area contributed by atoms with E-state index in [1.165, 1.54) is 5.56 Å². The van der Waals surface area contributed by atoms with E-state index in [0.717, 1.165) is 54.5 Å². The first-order valence-corrected chi connectivity index (χ1v) is 9.48. The van der Waals surface area contributed by atoms with Gasteiger partial charge in [0.1, 0.15) is 17.6 Å². The van der Waals surface area contributed by atoms with Crippen LogP contribution in [0.2, 0.25) is 0 Å². The third kappa shape index (κ3) is 4.18. The van der Waals surface area contributed by atoms with Gasteiger partial charge in [-0.15, -0.1) is 0 Å². The summed E-state index contributed by atoms with van der Waals surface area (Å²) in [5.74, 6) is 2.71. The van der Waals surface area contributed by atoms with E-state index in [1.54, 1.807) is 0 Å². The van der Waals surface area contributed by atoms with Crippen molar-refractivity contribution in [3.63, 3.8) is 0 Å². The highest BCUT2D eigenvalue weighted by molar-refractivity contribution is 5.79. The highest BCUT2D eigenvalue weighted by Gasteiger charge is 2.22. The molecule has 0 spiro atoms. The number of nitrogens with zero attached hydrogens (tertiary/aromatic N) is 2. The fraction of sp³-hybridized carbons (Fsp3) is 0.500. The maximum absolute atomic E-state index is 5.99. The van der Waals surface area contributed by atoms with E-state index >= 15 is 0 Å². The zero-order valence-electron chi connectivity index (χ0n) is 15.8. The van der Waals surface area contributed by atoms with Crippen LogP contribution in [0.5, 0.6) is 5.75 Å². The minimum Gasteiger partial charge on any atom is -0.488 e. The number of aryl methyl sites for hydroxylation is 2. The predicted molar refractivity (Wildman–Crippen MR) is 103 cm³/mol. The molecule has 1 aliphatic rings. The molecule has 0 bridgehead atoms. The van der Waals surface area contributed by atoms with E-state index in [2.05, 4.69) is 48.7 Å². The van der Waals surface area contributed by atoms with Gasteiger partial charge in [-0.3, -0.25) is 0 Å². The second-order valence-corrected chi connectivity index (χ2v) is 6.37. The van der Waals surface area contributed by atoms with Crippen molar-refractivity contribution >= 4 is 5.96 Å². The van der Waals surface area contributed by atoms with E-state index in [0.29, 0.717) is 13.1 Å². The lowest BCUT2D eigenvalue weighted by molar-refractivity contribution is 0.235. The smallest absolute Gasteiger partial charge is 0.191 e. The molecule has 6 heteroatoms. The van der Waals surface area contributed by atoms with Crippen molar-refractivity contribution in [2.45, 2.75) is 52.7 Å². The van der Waals surface area contributed by atoms with Crippen LogP contribution in [0, 0.1) is 0 Å². The minimum absolute atomic E-state index is 0.129. The molecule has 26 heavy (non-hydrogen) atoms. The Morgan fingerprint density at radius 1 is 1.19 bits per heavy atom. The van der Waals surface area contributed by atoms with Crippen LogP contribution in [0.25, 0.3) is 0 Å². The van der Waals surface area contributed by atoms with Crippen LogP contribution in [-0.2, 0) is 25.8 Å². The second kappa shape index (κ2) is 8.74. The Bertz CT molecular complexity index is 708. The summed E-state index contributed by atoms with van der Waals surface area (Å²) in [6.45, 7) is 8.31. The molecule has 2 heterocycles. The molecule has 140 valence electrons. The van der Waals surface area contributed by atoms with Crippen LogP contribution in [0.3, 0.4) is 0 Å². The Labute approximate surface area is 155 Å². The molecular formula is C20H28N4O2. The second-order valence-electron chi connectivity index (χ2n) is 6.37. The Morgan fingerprint density at radius 2 is 2.04 bits per heavy atom. The summed E-state index contributed by atoms with van der Waals surface area (Å²) in [4.78, 5) is 4.72. The predicted octanol–water partition coefficient (Wildman–Crippen LogP) is 2.86. The number of hydrogen-bond donors (Lipinski definition) is 2. The molecule has 3 rings (SSSR count). The van der Waals surface area contributed by atoms with Gasteiger partial charge in [0.25, 0.3) is 0 Å². The molecule has 0 saturated carbocycles. The van der Waals surface area contributed by atoms with Crippen molar-refractivity contribution in [3.05, 3.63) is 46.8 Å². The third-order valence-corrected chi connectivity index (χ3v) is 4.56. The number of nitrogens with one attached hydrogen (secondary N) is 2. The van der Waals surface area contributed by atoms with E-state index in [1.807, 2.05) is 12.1 Å². The number of aromatic nitrogens is 1. The fourth-order valence-electron chi connectivity index (χ4n) is 3.19. The summed E-state index contributed by atoms with van der Waals surface area (Å²) < 4.78 is 11.4. The number of hydrogen-bond acceptors (Lipinski definition) is 4. The lowest BCUT2D eigenvalue weighted by Crippen LogP contribution is -2.42. The van der Waals surface area contributed by atoms with Crippen LogP contribution in [0.15, 0.2) is 33.8 Å². The molecular weight excluding hydrogens is 328 g/mol. The Balaban J connectivity index is 1.61. The fourth-order valence-corrected chi connectivity index (χ4v) is 3.19. The molecule has 0 saturated heterocycles. The van der Waals surface area contributed by atoms with Gasteiger partial charge in [0.15, 0.2) is 5.96 Å². The van der Waals surface area contributed by atoms with Crippen molar-refractivity contribution < 1.29 is 9.26 Å². The molecule has 0 radical (unpaired) electrons. The van der Waals surface area contributed by atoms with Crippen molar-refractivity contribution in [1.29, 1.82) is 0 Å². The third-order valence-electron chi connectivity index (χ3n) is 4.56. The van der Waals surface area contributed by atoms with Gasteiger partial charge in [0.05, 0.1) is 18.8 Å². The highest BCUT2D eigenvalue weighted by atomic mass is 16.5. The van der Waals surface area contributed by atoms with Crippen molar-refractivity contribution in [2.75, 3.05) is 13.1 Å². The van der Waals surface area contributed by atoms with Gasteiger partial charge in [-0.05, 0) is 25.0 Å². The Hall–Kier alpha value is -2.50. The Kier molecular flexibility index (Phi) is 6.15. The number of guanidine groups is 1. The normalized spacial score (nSPS) is 16.3. The first-order chi connectivity index (χ1) is 12.7. The van der Waals surface area contributed by atoms with Gasteiger partial charge in [-0.2, -0.15) is 0 Å². The van der Waals surface area contributed by atoms with Gasteiger partial charge in [-0.1, -0.05) is 37.2 Å². The zero-order valence-corrected chi connectivity index (χ0v) is 15.8. The standard InChI is InChI=1S/C20H28N4O2/c1-4-17-16(18(5-2)26-24-17)13-23-20(21-6-3)22-12-15-11-14-9-7-8-10-19(14)25-15/h7-10,15H,4-6,11-13H2,1-3H3,(H2,21,22,23). The van der Waals surface area contributed by atoms with Crippen molar-refractivity contribution in [2.24, 2.45) is 4.99 Å². The summed E-state index contributed by atoms with van der Waals surface area (Å²) >= 11 is 0. The van der Waals surface area contributed by atoms with Crippen molar-refractivity contribution in [1.82, 2.24) is 15.8 Å². The van der Waals surface area contributed by atoms with Crippen LogP contribution in [0.4, 0.5) is 0 Å². The number of rotatable bonds is 7. The topological polar surface area (TPSA) is 71.7 Å². The summed E-state index contributed by atoms with van der Waals surface area (Å²) in [5.41, 5.74) is 3.37. The van der Waals surface area contributed by atoms with Crippen LogP contribution < -0.4 is 15.4 Å². The van der Waals surface area contributed by atoms with E-state index in [9.17, 15) is 0 Å². The van der Waals surface area contributed by atoms with Crippen LogP contribution in [0.1, 0.15) is 43.4 Å². The van der Waals surface area contributed by atoms with Gasteiger partial charge in [0, 0.05) is 24.9 Å². The van der Waals surface area contributed by atoms with E-state index in [-0.39, 0.29) is 6.10 Å². The minimum atomic E-state index is 0.129. The molecule has 1 atom stereocenters. The highest BCUT2D eigenvalue weighted by Crippen LogP contribution is 2.27. The maximum Gasteiger partial charge on any atom is 0.191 e. The number of benzene rings is 1. The van der Waals surface area contributed by atoms with Gasteiger partial charge < -0.3 is 19.9 Å².